The summed E-state index contributed by atoms with van der Waals surface area (Å²) in [5.41, 5.74) is 0.936. The fourth-order valence-electron chi connectivity index (χ4n) is 2.50. The number of nitrogens with zero attached hydrogens (tertiary/aromatic N) is 3. The number of carbonyl (C=O) groups is 1. The predicted molar refractivity (Wildman–Crippen MR) is 96.5 cm³/mol. The minimum atomic E-state index is -0.209. The molecule has 0 fully saturated rings. The molecule has 124 valence electrons. The second-order valence-electron chi connectivity index (χ2n) is 5.96. The van der Waals surface area contributed by atoms with Crippen molar-refractivity contribution in [3.8, 4) is 5.69 Å². The Balaban J connectivity index is 2.47. The van der Waals surface area contributed by atoms with Crippen molar-refractivity contribution < 1.29 is 4.79 Å². The number of hydrogen-bond donors (Lipinski definition) is 0. The van der Waals surface area contributed by atoms with Crippen molar-refractivity contribution in [1.82, 2.24) is 9.47 Å². The average molecular weight is 352 g/mol. The van der Waals surface area contributed by atoms with Gasteiger partial charge in [0.25, 0.3) is 0 Å². The molecule has 1 aromatic carbocycles. The third-order valence-electron chi connectivity index (χ3n) is 3.40. The quantitative estimate of drug-likeness (QED) is 0.793. The van der Waals surface area contributed by atoms with Gasteiger partial charge < -0.3 is 4.90 Å². The van der Waals surface area contributed by atoms with E-state index in [1.54, 1.807) is 4.90 Å². The fraction of sp³-hybridized carbons (Fsp3) is 0.412. The third-order valence-corrected chi connectivity index (χ3v) is 4.55. The minimum Gasteiger partial charge on any atom is -0.318 e. The number of amides is 2. The van der Waals surface area contributed by atoms with Gasteiger partial charge in [-0.25, -0.2) is 4.79 Å². The topological polar surface area (TPSA) is 37.6 Å². The summed E-state index contributed by atoms with van der Waals surface area (Å²) in [5.74, 6) is 0. The molecular formula is C17H22ClN3OS. The SMILES string of the molecule is Cc1cn(-c2ccc(Cl)cc2)c(=NC(=O)N(C(C)C)C(C)C)s1. The van der Waals surface area contributed by atoms with Crippen LogP contribution in [-0.4, -0.2) is 27.6 Å². The van der Waals surface area contributed by atoms with E-state index in [4.69, 9.17) is 11.6 Å². The maximum Gasteiger partial charge on any atom is 0.346 e. The largest absolute Gasteiger partial charge is 0.346 e. The summed E-state index contributed by atoms with van der Waals surface area (Å²) in [5, 5.41) is 0.682. The number of thiazole rings is 1. The van der Waals surface area contributed by atoms with Crippen LogP contribution in [0.15, 0.2) is 35.5 Å². The van der Waals surface area contributed by atoms with Gasteiger partial charge in [0.1, 0.15) is 0 Å². The lowest BCUT2D eigenvalue weighted by molar-refractivity contribution is 0.174. The number of benzene rings is 1. The first-order chi connectivity index (χ1) is 10.8. The van der Waals surface area contributed by atoms with Crippen LogP contribution in [0.2, 0.25) is 5.02 Å². The summed E-state index contributed by atoms with van der Waals surface area (Å²) >= 11 is 7.45. The number of rotatable bonds is 3. The molecule has 0 spiro atoms. The molecule has 0 atom stereocenters. The van der Waals surface area contributed by atoms with Crippen LogP contribution in [-0.2, 0) is 0 Å². The maximum absolute atomic E-state index is 12.6. The molecule has 2 rings (SSSR count). The fourth-order valence-corrected chi connectivity index (χ4v) is 3.45. The highest BCUT2D eigenvalue weighted by Crippen LogP contribution is 2.14. The summed E-state index contributed by atoms with van der Waals surface area (Å²) < 4.78 is 1.92. The van der Waals surface area contributed by atoms with Crippen molar-refractivity contribution in [3.05, 3.63) is 45.2 Å². The minimum absolute atomic E-state index is 0.108. The second-order valence-corrected chi connectivity index (χ2v) is 7.61. The molecule has 2 aromatic rings. The molecule has 1 heterocycles. The first kappa shape index (κ1) is 17.8. The van der Waals surface area contributed by atoms with E-state index < -0.39 is 0 Å². The molecule has 0 saturated carbocycles. The lowest BCUT2D eigenvalue weighted by Gasteiger charge is -2.28. The second kappa shape index (κ2) is 7.32. The van der Waals surface area contributed by atoms with E-state index in [2.05, 4.69) is 4.99 Å². The highest BCUT2D eigenvalue weighted by Gasteiger charge is 2.19. The molecule has 0 saturated heterocycles. The molecule has 0 unspecified atom stereocenters. The molecule has 0 bridgehead atoms. The molecule has 6 heteroatoms. The first-order valence-electron chi connectivity index (χ1n) is 7.61. The third kappa shape index (κ3) is 4.24. The van der Waals surface area contributed by atoms with Gasteiger partial charge in [0.05, 0.1) is 0 Å². The highest BCUT2D eigenvalue weighted by atomic mass is 35.5. The maximum atomic E-state index is 12.6. The van der Waals surface area contributed by atoms with E-state index in [0.717, 1.165) is 10.6 Å². The van der Waals surface area contributed by atoms with Crippen molar-refractivity contribution in [2.45, 2.75) is 46.7 Å². The van der Waals surface area contributed by atoms with E-state index in [9.17, 15) is 4.79 Å². The summed E-state index contributed by atoms with van der Waals surface area (Å²) in [7, 11) is 0. The number of halogens is 1. The lowest BCUT2D eigenvalue weighted by atomic mass is 10.2. The Kier molecular flexibility index (Phi) is 5.65. The zero-order valence-electron chi connectivity index (χ0n) is 14.1. The van der Waals surface area contributed by atoms with Gasteiger partial charge in [0.2, 0.25) is 0 Å². The van der Waals surface area contributed by atoms with E-state index in [1.807, 2.05) is 69.6 Å². The number of aromatic nitrogens is 1. The summed E-state index contributed by atoms with van der Waals surface area (Å²) in [6.07, 6.45) is 1.98. The van der Waals surface area contributed by atoms with Gasteiger partial charge in [-0.2, -0.15) is 4.99 Å². The number of carbonyl (C=O) groups excluding carboxylic acids is 1. The Labute approximate surface area is 146 Å². The summed E-state index contributed by atoms with van der Waals surface area (Å²) in [6.45, 7) is 10.0. The van der Waals surface area contributed by atoms with E-state index in [-0.39, 0.29) is 18.1 Å². The van der Waals surface area contributed by atoms with Gasteiger partial charge in [-0.3, -0.25) is 4.57 Å². The zero-order chi connectivity index (χ0) is 17.1. The molecule has 0 aliphatic heterocycles. The molecule has 0 N–H and O–H groups in total. The molecule has 23 heavy (non-hydrogen) atoms. The Morgan fingerprint density at radius 2 is 1.74 bits per heavy atom. The van der Waals surface area contributed by atoms with Gasteiger partial charge in [0, 0.05) is 33.9 Å². The standard InChI is InChI=1S/C17H22ClN3OS/c1-11(2)21(12(3)4)16(22)19-17-20(10-13(5)23-17)15-8-6-14(18)7-9-15/h6-12H,1-5H3. The van der Waals surface area contributed by atoms with Gasteiger partial charge >= 0.3 is 6.03 Å². The molecule has 1 aromatic heterocycles. The monoisotopic (exact) mass is 351 g/mol. The smallest absolute Gasteiger partial charge is 0.318 e. The Morgan fingerprint density at radius 1 is 1.17 bits per heavy atom. The Bertz CT molecular complexity index is 736. The van der Waals surface area contributed by atoms with E-state index >= 15 is 0 Å². The molecule has 0 radical (unpaired) electrons. The summed E-state index contributed by atoms with van der Waals surface area (Å²) in [4.78, 5) is 20.5. The molecular weight excluding hydrogens is 330 g/mol. The predicted octanol–water partition coefficient (Wildman–Crippen LogP) is 4.64. The Hall–Kier alpha value is -1.59. The highest BCUT2D eigenvalue weighted by molar-refractivity contribution is 7.09. The summed E-state index contributed by atoms with van der Waals surface area (Å²) in [6, 6.07) is 7.50. The van der Waals surface area contributed by atoms with Crippen LogP contribution < -0.4 is 4.80 Å². The van der Waals surface area contributed by atoms with Crippen LogP contribution in [0.3, 0.4) is 0 Å². The van der Waals surface area contributed by atoms with Crippen molar-refractivity contribution in [1.29, 1.82) is 0 Å². The van der Waals surface area contributed by atoms with Crippen LogP contribution in [0.1, 0.15) is 32.6 Å². The molecule has 2 amide bonds. The number of urea groups is 1. The zero-order valence-corrected chi connectivity index (χ0v) is 15.6. The van der Waals surface area contributed by atoms with Crippen molar-refractivity contribution >= 4 is 29.0 Å². The number of hydrogen-bond acceptors (Lipinski definition) is 2. The van der Waals surface area contributed by atoms with Crippen LogP contribution in [0.25, 0.3) is 5.69 Å². The molecule has 4 nitrogen and oxygen atoms in total. The lowest BCUT2D eigenvalue weighted by Crippen LogP contribution is -2.41. The Morgan fingerprint density at radius 3 is 2.26 bits per heavy atom. The van der Waals surface area contributed by atoms with Gasteiger partial charge in [-0.15, -0.1) is 11.3 Å². The van der Waals surface area contributed by atoms with Crippen LogP contribution in [0.5, 0.6) is 0 Å². The van der Waals surface area contributed by atoms with Crippen LogP contribution in [0.4, 0.5) is 4.79 Å². The average Bonchev–Trinajstić information content (AvgIpc) is 2.79. The van der Waals surface area contributed by atoms with Gasteiger partial charge in [0.15, 0.2) is 4.80 Å². The number of aryl methyl sites for hydroxylation is 1. The molecule has 0 aliphatic carbocycles. The first-order valence-corrected chi connectivity index (χ1v) is 8.81. The van der Waals surface area contributed by atoms with Gasteiger partial charge in [-0.1, -0.05) is 11.6 Å². The van der Waals surface area contributed by atoms with Crippen molar-refractivity contribution in [2.24, 2.45) is 4.99 Å². The molecule has 0 aliphatic rings. The van der Waals surface area contributed by atoms with Crippen molar-refractivity contribution in [2.75, 3.05) is 0 Å². The van der Waals surface area contributed by atoms with Crippen molar-refractivity contribution in [3.63, 3.8) is 0 Å². The normalized spacial score (nSPS) is 12.3. The van der Waals surface area contributed by atoms with E-state index in [0.29, 0.717) is 9.82 Å². The van der Waals surface area contributed by atoms with E-state index in [1.165, 1.54) is 11.3 Å². The van der Waals surface area contributed by atoms with Crippen LogP contribution in [0, 0.1) is 6.92 Å². The van der Waals surface area contributed by atoms with Crippen LogP contribution >= 0.6 is 22.9 Å². The van der Waals surface area contributed by atoms with Gasteiger partial charge in [-0.05, 0) is 58.9 Å².